The first-order valence-corrected chi connectivity index (χ1v) is 8.13. The van der Waals surface area contributed by atoms with E-state index in [-0.39, 0.29) is 11.3 Å². The Morgan fingerprint density at radius 3 is 2.70 bits per heavy atom. The van der Waals surface area contributed by atoms with Gasteiger partial charge >= 0.3 is 5.97 Å². The fourth-order valence-electron chi connectivity index (χ4n) is 2.60. The van der Waals surface area contributed by atoms with E-state index in [4.69, 9.17) is 4.74 Å². The minimum Gasteiger partial charge on any atom is -0.507 e. The molecule has 0 heterocycles. The van der Waals surface area contributed by atoms with Gasteiger partial charge in [-0.15, -0.1) is 0 Å². The van der Waals surface area contributed by atoms with Gasteiger partial charge < -0.3 is 15.2 Å². The first-order valence-electron chi connectivity index (χ1n) is 7.34. The van der Waals surface area contributed by atoms with Crippen LogP contribution in [0.4, 0.5) is 0 Å². The molecule has 1 aromatic rings. The molecule has 0 unspecified atom stereocenters. The molecule has 1 aliphatic carbocycles. The molecule has 0 saturated heterocycles. The van der Waals surface area contributed by atoms with Gasteiger partial charge in [-0.25, -0.2) is 4.79 Å². The Morgan fingerprint density at radius 1 is 1.35 bits per heavy atom. The summed E-state index contributed by atoms with van der Waals surface area (Å²) in [6.45, 7) is -0.492. The summed E-state index contributed by atoms with van der Waals surface area (Å²) in [5.74, 6) is -1.54. The smallest absolute Gasteiger partial charge is 0.342 e. The molecule has 0 radical (unpaired) electrons. The lowest BCUT2D eigenvalue weighted by atomic mass is 9.83. The lowest BCUT2D eigenvalue weighted by Crippen LogP contribution is -2.50. The van der Waals surface area contributed by atoms with Crippen molar-refractivity contribution in [1.29, 1.82) is 5.26 Å². The lowest BCUT2D eigenvalue weighted by molar-refractivity contribution is -0.125. The monoisotopic (exact) mass is 380 g/mol. The van der Waals surface area contributed by atoms with Crippen LogP contribution < -0.4 is 5.32 Å². The Morgan fingerprint density at radius 2 is 2.04 bits per heavy atom. The van der Waals surface area contributed by atoms with Crippen molar-refractivity contribution < 1.29 is 19.4 Å². The predicted molar refractivity (Wildman–Crippen MR) is 85.7 cm³/mol. The normalized spacial score (nSPS) is 16.2. The molecule has 0 aliphatic heterocycles. The molecule has 1 fully saturated rings. The zero-order chi connectivity index (χ0) is 16.9. The number of halogens is 1. The SMILES string of the molecule is N#CC1(NC(=O)COC(=O)c2cc(Br)ccc2O)CCCCC1. The number of hydrogen-bond donors (Lipinski definition) is 2. The molecule has 6 nitrogen and oxygen atoms in total. The van der Waals surface area contributed by atoms with Gasteiger partial charge in [-0.2, -0.15) is 5.26 Å². The van der Waals surface area contributed by atoms with Crippen LogP contribution in [-0.4, -0.2) is 29.1 Å². The highest BCUT2D eigenvalue weighted by molar-refractivity contribution is 9.10. The van der Waals surface area contributed by atoms with E-state index < -0.39 is 24.0 Å². The molecular formula is C16H17BrN2O4. The number of carbonyl (C=O) groups is 2. The first-order chi connectivity index (χ1) is 11.0. The number of ether oxygens (including phenoxy) is 1. The quantitative estimate of drug-likeness (QED) is 0.782. The second-order valence-corrected chi connectivity index (χ2v) is 6.46. The molecule has 1 aromatic carbocycles. The second kappa shape index (κ2) is 7.47. The van der Waals surface area contributed by atoms with E-state index in [2.05, 4.69) is 27.3 Å². The van der Waals surface area contributed by atoms with Gasteiger partial charge in [0.2, 0.25) is 0 Å². The molecule has 1 saturated carbocycles. The number of phenols is 1. The van der Waals surface area contributed by atoms with Gasteiger partial charge in [0, 0.05) is 4.47 Å². The summed E-state index contributed by atoms with van der Waals surface area (Å²) < 4.78 is 5.52. The third kappa shape index (κ3) is 4.45. The van der Waals surface area contributed by atoms with Crippen LogP contribution in [0.3, 0.4) is 0 Å². The van der Waals surface area contributed by atoms with Crippen molar-refractivity contribution in [3.8, 4) is 11.8 Å². The molecule has 23 heavy (non-hydrogen) atoms. The minimum absolute atomic E-state index is 0.0279. The van der Waals surface area contributed by atoms with Crippen LogP contribution in [0.15, 0.2) is 22.7 Å². The number of benzene rings is 1. The summed E-state index contributed by atoms with van der Waals surface area (Å²) in [6, 6.07) is 6.51. The van der Waals surface area contributed by atoms with Gasteiger partial charge in [-0.05, 0) is 31.0 Å². The van der Waals surface area contributed by atoms with Crippen LogP contribution in [0.2, 0.25) is 0 Å². The number of nitriles is 1. The van der Waals surface area contributed by atoms with Crippen LogP contribution in [0.5, 0.6) is 5.75 Å². The number of carbonyl (C=O) groups excluding carboxylic acids is 2. The van der Waals surface area contributed by atoms with E-state index in [1.54, 1.807) is 6.07 Å². The number of esters is 1. The lowest BCUT2D eigenvalue weighted by Gasteiger charge is -2.31. The Hall–Kier alpha value is -2.07. The van der Waals surface area contributed by atoms with Gasteiger partial charge in [0.25, 0.3) is 5.91 Å². The highest BCUT2D eigenvalue weighted by atomic mass is 79.9. The van der Waals surface area contributed by atoms with Gasteiger partial charge in [-0.1, -0.05) is 35.2 Å². The van der Waals surface area contributed by atoms with E-state index in [1.807, 2.05) is 0 Å². The summed E-state index contributed by atoms with van der Waals surface area (Å²) in [4.78, 5) is 23.9. The number of amides is 1. The van der Waals surface area contributed by atoms with Crippen LogP contribution in [-0.2, 0) is 9.53 Å². The third-order valence-electron chi connectivity index (χ3n) is 3.81. The summed E-state index contributed by atoms with van der Waals surface area (Å²) >= 11 is 3.19. The largest absolute Gasteiger partial charge is 0.507 e. The fourth-order valence-corrected chi connectivity index (χ4v) is 2.96. The molecule has 1 amide bonds. The third-order valence-corrected chi connectivity index (χ3v) is 4.31. The van der Waals surface area contributed by atoms with Crippen LogP contribution >= 0.6 is 15.9 Å². The average Bonchev–Trinajstić information content (AvgIpc) is 2.55. The summed E-state index contributed by atoms with van der Waals surface area (Å²) in [6.07, 6.45) is 4.04. The molecule has 2 N–H and O–H groups in total. The van der Waals surface area contributed by atoms with Gasteiger partial charge in [0.15, 0.2) is 6.61 Å². The minimum atomic E-state index is -0.861. The van der Waals surface area contributed by atoms with Gasteiger partial charge in [0.05, 0.1) is 6.07 Å². The number of rotatable bonds is 4. The molecule has 0 bridgehead atoms. The molecule has 0 aromatic heterocycles. The second-order valence-electron chi connectivity index (χ2n) is 5.54. The zero-order valence-corrected chi connectivity index (χ0v) is 14.1. The van der Waals surface area contributed by atoms with Gasteiger partial charge in [-0.3, -0.25) is 4.79 Å². The van der Waals surface area contributed by atoms with Gasteiger partial charge in [0.1, 0.15) is 16.9 Å². The maximum absolute atomic E-state index is 12.0. The van der Waals surface area contributed by atoms with Crippen molar-refractivity contribution >= 4 is 27.8 Å². The van der Waals surface area contributed by atoms with Crippen LogP contribution in [0.25, 0.3) is 0 Å². The Kier molecular flexibility index (Phi) is 5.61. The molecule has 1 aliphatic rings. The standard InChI is InChI=1S/C16H17BrN2O4/c17-11-4-5-13(20)12(8-11)15(22)23-9-14(21)19-16(10-18)6-2-1-3-7-16/h4-5,8,20H,1-3,6-7,9H2,(H,19,21). The average molecular weight is 381 g/mol. The molecule has 122 valence electrons. The van der Waals surface area contributed by atoms with Crippen molar-refractivity contribution in [2.75, 3.05) is 6.61 Å². The highest BCUT2D eigenvalue weighted by Crippen LogP contribution is 2.27. The number of phenolic OH excluding ortho intramolecular Hbond substituents is 1. The Balaban J connectivity index is 1.92. The van der Waals surface area contributed by atoms with Crippen LogP contribution in [0.1, 0.15) is 42.5 Å². The molecule has 0 atom stereocenters. The first kappa shape index (κ1) is 17.3. The van der Waals surface area contributed by atoms with Crippen LogP contribution in [0, 0.1) is 11.3 Å². The highest BCUT2D eigenvalue weighted by Gasteiger charge is 2.33. The van der Waals surface area contributed by atoms with Crippen molar-refractivity contribution in [3.05, 3.63) is 28.2 Å². The molecule has 2 rings (SSSR count). The summed E-state index contributed by atoms with van der Waals surface area (Å²) in [5.41, 5.74) is -0.889. The maximum atomic E-state index is 12.0. The van der Waals surface area contributed by atoms with E-state index >= 15 is 0 Å². The Bertz CT molecular complexity index is 648. The predicted octanol–water partition coefficient (Wildman–Crippen LogP) is 2.65. The number of nitrogens with zero attached hydrogens (tertiary/aromatic N) is 1. The Labute approximate surface area is 142 Å². The number of hydrogen-bond acceptors (Lipinski definition) is 5. The van der Waals surface area contributed by atoms with E-state index in [1.165, 1.54) is 12.1 Å². The van der Waals surface area contributed by atoms with E-state index in [9.17, 15) is 20.0 Å². The van der Waals surface area contributed by atoms with Crippen molar-refractivity contribution in [3.63, 3.8) is 0 Å². The summed E-state index contributed by atoms with van der Waals surface area (Å²) in [7, 11) is 0. The van der Waals surface area contributed by atoms with Crippen molar-refractivity contribution in [2.24, 2.45) is 0 Å². The number of aromatic hydroxyl groups is 1. The zero-order valence-electron chi connectivity index (χ0n) is 12.5. The van der Waals surface area contributed by atoms with E-state index in [0.29, 0.717) is 17.3 Å². The maximum Gasteiger partial charge on any atom is 0.342 e. The molecule has 7 heteroatoms. The topological polar surface area (TPSA) is 99.4 Å². The molecular weight excluding hydrogens is 364 g/mol. The molecule has 0 spiro atoms. The van der Waals surface area contributed by atoms with E-state index in [0.717, 1.165) is 19.3 Å². The fraction of sp³-hybridized carbons (Fsp3) is 0.438. The number of nitrogens with one attached hydrogen (secondary N) is 1. The van der Waals surface area contributed by atoms with Crippen molar-refractivity contribution in [2.45, 2.75) is 37.6 Å². The van der Waals surface area contributed by atoms with Crippen molar-refractivity contribution in [1.82, 2.24) is 5.32 Å². The summed E-state index contributed by atoms with van der Waals surface area (Å²) in [5, 5.41) is 21.6.